The van der Waals surface area contributed by atoms with Gasteiger partial charge in [0.25, 0.3) is 0 Å². The van der Waals surface area contributed by atoms with Crippen molar-refractivity contribution in [3.05, 3.63) is 0 Å². The molecule has 3 atom stereocenters. The predicted molar refractivity (Wildman–Crippen MR) is 57.7 cm³/mol. The van der Waals surface area contributed by atoms with Gasteiger partial charge in [0.15, 0.2) is 0 Å². The van der Waals surface area contributed by atoms with E-state index >= 15 is 0 Å². The zero-order chi connectivity index (χ0) is 9.90. The number of hydrogen-bond donors (Lipinski definition) is 2. The van der Waals surface area contributed by atoms with E-state index in [1.54, 1.807) is 0 Å². The van der Waals surface area contributed by atoms with E-state index < -0.39 is 0 Å². The topological polar surface area (TPSA) is 38.0 Å². The molecule has 0 bridgehead atoms. The lowest BCUT2D eigenvalue weighted by atomic mass is 9.80. The quantitative estimate of drug-likeness (QED) is 0.643. The highest BCUT2D eigenvalue weighted by Crippen LogP contribution is 2.32. The Kier molecular flexibility index (Phi) is 3.74. The molecule has 3 unspecified atom stereocenters. The van der Waals surface area contributed by atoms with Gasteiger partial charge in [0.05, 0.1) is 0 Å². The second kappa shape index (κ2) is 4.43. The maximum Gasteiger partial charge on any atom is 0.0178 e. The summed E-state index contributed by atoms with van der Waals surface area (Å²) in [5.41, 5.74) is 6.49. The molecule has 0 radical (unpaired) electrons. The van der Waals surface area contributed by atoms with Crippen LogP contribution in [-0.4, -0.2) is 18.6 Å². The molecule has 0 amide bonds. The summed E-state index contributed by atoms with van der Waals surface area (Å²) in [7, 11) is 2.06. The highest BCUT2D eigenvalue weighted by atomic mass is 14.9. The molecule has 13 heavy (non-hydrogen) atoms. The van der Waals surface area contributed by atoms with Gasteiger partial charge >= 0.3 is 0 Å². The van der Waals surface area contributed by atoms with Crippen molar-refractivity contribution >= 4 is 0 Å². The van der Waals surface area contributed by atoms with E-state index in [9.17, 15) is 0 Å². The molecular weight excluding hydrogens is 160 g/mol. The van der Waals surface area contributed by atoms with Crippen LogP contribution in [0, 0.1) is 5.92 Å². The SMILES string of the molecule is CCC1(N)CCC(NC)CCC1C. The Morgan fingerprint density at radius 2 is 2.08 bits per heavy atom. The number of rotatable bonds is 2. The average Bonchev–Trinajstić information content (AvgIpc) is 2.29. The third-order valence-corrected chi connectivity index (χ3v) is 3.95. The van der Waals surface area contributed by atoms with Crippen molar-refractivity contribution in [2.24, 2.45) is 11.7 Å². The summed E-state index contributed by atoms with van der Waals surface area (Å²) in [4.78, 5) is 0. The number of nitrogens with one attached hydrogen (secondary N) is 1. The first-order chi connectivity index (χ1) is 6.12. The molecule has 1 rings (SSSR count). The standard InChI is InChI=1S/C11H24N2/c1-4-11(12)8-7-10(13-3)6-5-9(11)2/h9-10,13H,4-8,12H2,1-3H3. The third-order valence-electron chi connectivity index (χ3n) is 3.95. The first-order valence-electron chi connectivity index (χ1n) is 5.58. The molecule has 2 nitrogen and oxygen atoms in total. The van der Waals surface area contributed by atoms with Gasteiger partial charge in [0.2, 0.25) is 0 Å². The number of nitrogens with two attached hydrogens (primary N) is 1. The molecule has 1 saturated carbocycles. The third kappa shape index (κ3) is 2.44. The Morgan fingerprint density at radius 3 is 2.62 bits per heavy atom. The van der Waals surface area contributed by atoms with E-state index in [-0.39, 0.29) is 5.54 Å². The van der Waals surface area contributed by atoms with Crippen LogP contribution in [-0.2, 0) is 0 Å². The Morgan fingerprint density at radius 1 is 1.38 bits per heavy atom. The molecule has 78 valence electrons. The van der Waals surface area contributed by atoms with Gasteiger partial charge in [-0.1, -0.05) is 13.8 Å². The van der Waals surface area contributed by atoms with Crippen LogP contribution in [0.5, 0.6) is 0 Å². The molecule has 3 N–H and O–H groups in total. The minimum Gasteiger partial charge on any atom is -0.325 e. The van der Waals surface area contributed by atoms with E-state index in [1.807, 2.05) is 0 Å². The van der Waals surface area contributed by atoms with Crippen LogP contribution in [0.1, 0.15) is 46.0 Å². The summed E-state index contributed by atoms with van der Waals surface area (Å²) in [5, 5.41) is 3.37. The van der Waals surface area contributed by atoms with E-state index in [2.05, 4.69) is 26.2 Å². The fraction of sp³-hybridized carbons (Fsp3) is 1.00. The molecule has 0 aromatic carbocycles. The Balaban J connectivity index is 2.59. The van der Waals surface area contributed by atoms with E-state index in [4.69, 9.17) is 5.73 Å². The maximum absolute atomic E-state index is 6.39. The van der Waals surface area contributed by atoms with Crippen molar-refractivity contribution < 1.29 is 0 Å². The van der Waals surface area contributed by atoms with Gasteiger partial charge in [0, 0.05) is 11.6 Å². The zero-order valence-electron chi connectivity index (χ0n) is 9.27. The highest BCUT2D eigenvalue weighted by Gasteiger charge is 2.33. The van der Waals surface area contributed by atoms with Crippen molar-refractivity contribution in [1.29, 1.82) is 0 Å². The molecule has 0 heterocycles. The molecule has 0 aromatic heterocycles. The van der Waals surface area contributed by atoms with Gasteiger partial charge in [-0.25, -0.2) is 0 Å². The first-order valence-corrected chi connectivity index (χ1v) is 5.58. The fourth-order valence-corrected chi connectivity index (χ4v) is 2.39. The van der Waals surface area contributed by atoms with Gasteiger partial charge in [-0.15, -0.1) is 0 Å². The van der Waals surface area contributed by atoms with Crippen molar-refractivity contribution in [1.82, 2.24) is 5.32 Å². The van der Waals surface area contributed by atoms with Crippen LogP contribution >= 0.6 is 0 Å². The Labute approximate surface area is 82.3 Å². The largest absolute Gasteiger partial charge is 0.325 e. The Bertz CT molecular complexity index is 158. The van der Waals surface area contributed by atoms with Crippen molar-refractivity contribution in [2.75, 3.05) is 7.05 Å². The van der Waals surface area contributed by atoms with Crippen molar-refractivity contribution in [3.8, 4) is 0 Å². The smallest absolute Gasteiger partial charge is 0.0178 e. The van der Waals surface area contributed by atoms with Gasteiger partial charge in [0.1, 0.15) is 0 Å². The molecule has 1 aliphatic rings. The zero-order valence-corrected chi connectivity index (χ0v) is 9.27. The molecular formula is C11H24N2. The van der Waals surface area contributed by atoms with Crippen LogP contribution in [0.15, 0.2) is 0 Å². The minimum atomic E-state index is 0.103. The fourth-order valence-electron chi connectivity index (χ4n) is 2.39. The van der Waals surface area contributed by atoms with Crippen molar-refractivity contribution in [3.63, 3.8) is 0 Å². The monoisotopic (exact) mass is 184 g/mol. The predicted octanol–water partition coefficient (Wildman–Crippen LogP) is 1.89. The summed E-state index contributed by atoms with van der Waals surface area (Å²) >= 11 is 0. The molecule has 0 aromatic rings. The Hall–Kier alpha value is -0.0800. The summed E-state index contributed by atoms with van der Waals surface area (Å²) in [6.07, 6.45) is 6.10. The van der Waals surface area contributed by atoms with Crippen LogP contribution in [0.4, 0.5) is 0 Å². The van der Waals surface area contributed by atoms with Crippen LogP contribution in [0.2, 0.25) is 0 Å². The second-order valence-corrected chi connectivity index (χ2v) is 4.59. The lowest BCUT2D eigenvalue weighted by molar-refractivity contribution is 0.262. The maximum atomic E-state index is 6.39. The number of hydrogen-bond acceptors (Lipinski definition) is 2. The molecule has 1 aliphatic carbocycles. The van der Waals surface area contributed by atoms with E-state index in [0.717, 1.165) is 6.42 Å². The lowest BCUT2D eigenvalue weighted by Gasteiger charge is -2.33. The van der Waals surface area contributed by atoms with Crippen molar-refractivity contribution in [2.45, 2.75) is 57.5 Å². The average molecular weight is 184 g/mol. The summed E-state index contributed by atoms with van der Waals surface area (Å²) in [6, 6.07) is 0.694. The molecule has 0 spiro atoms. The van der Waals surface area contributed by atoms with Gasteiger partial charge < -0.3 is 11.1 Å². The summed E-state index contributed by atoms with van der Waals surface area (Å²) < 4.78 is 0. The summed E-state index contributed by atoms with van der Waals surface area (Å²) in [5.74, 6) is 0.677. The lowest BCUT2D eigenvalue weighted by Crippen LogP contribution is -2.44. The van der Waals surface area contributed by atoms with E-state index in [1.165, 1.54) is 25.7 Å². The van der Waals surface area contributed by atoms with Crippen LogP contribution in [0.25, 0.3) is 0 Å². The van der Waals surface area contributed by atoms with Gasteiger partial charge in [-0.05, 0) is 45.1 Å². The normalized spacial score (nSPS) is 41.5. The van der Waals surface area contributed by atoms with E-state index in [0.29, 0.717) is 12.0 Å². The minimum absolute atomic E-state index is 0.103. The first kappa shape index (κ1) is 11.0. The van der Waals surface area contributed by atoms with Gasteiger partial charge in [-0.2, -0.15) is 0 Å². The molecule has 2 heteroatoms. The molecule has 1 fully saturated rings. The second-order valence-electron chi connectivity index (χ2n) is 4.59. The van der Waals surface area contributed by atoms with Crippen LogP contribution < -0.4 is 11.1 Å². The molecule has 0 saturated heterocycles. The highest BCUT2D eigenvalue weighted by molar-refractivity contribution is 4.92. The molecule has 0 aliphatic heterocycles. The van der Waals surface area contributed by atoms with Gasteiger partial charge in [-0.3, -0.25) is 0 Å². The summed E-state index contributed by atoms with van der Waals surface area (Å²) in [6.45, 7) is 4.53. The van der Waals surface area contributed by atoms with Crippen LogP contribution in [0.3, 0.4) is 0 Å².